The molecule has 57 heavy (non-hydrogen) atoms. The number of rotatable bonds is 4. The summed E-state index contributed by atoms with van der Waals surface area (Å²) in [6.07, 6.45) is 0. The predicted octanol–water partition coefficient (Wildman–Crippen LogP) is 11.8. The lowest BCUT2D eigenvalue weighted by Gasteiger charge is -2.46. The number of hydrogen-bond donors (Lipinski definition) is 0. The van der Waals surface area contributed by atoms with E-state index in [1.807, 2.05) is 0 Å². The average molecular weight is 743 g/mol. The molecule has 2 aromatic heterocycles. The number of para-hydroxylation sites is 3. The molecule has 5 heteroatoms. The summed E-state index contributed by atoms with van der Waals surface area (Å²) in [7, 11) is 0. The van der Waals surface area contributed by atoms with E-state index < -0.39 is 0 Å². The van der Waals surface area contributed by atoms with Crippen LogP contribution in [0.1, 0.15) is 126 Å². The maximum atomic E-state index is 5.70. The number of benzene rings is 6. The first kappa shape index (κ1) is 34.7. The fourth-order valence-corrected chi connectivity index (χ4v) is 11.0. The molecule has 0 N–H and O–H groups in total. The molecular formula is C52H51BN4. The van der Waals surface area contributed by atoms with E-state index in [0.29, 0.717) is 17.8 Å². The predicted molar refractivity (Wildman–Crippen MR) is 243 cm³/mol. The number of hydrogen-bond acceptors (Lipinski definition) is 2. The van der Waals surface area contributed by atoms with Gasteiger partial charge in [-0.3, -0.25) is 8.97 Å². The molecule has 0 amide bonds. The number of aromatic nitrogens is 3. The van der Waals surface area contributed by atoms with Crippen LogP contribution < -0.4 is 21.3 Å². The standard InChI is InChI=1S/C52H51BN4/c1-28(2)33-16-13-17-34(29(3)4)45(33)32-24-25-40-43(26-32)57-50-44(55-42-23-15-20-38(52(8,9)10)47(42)54-51(55)57)27-37-31(7)36-19-14-18-35(30(5)6)48(36)56-41-22-12-11-21-39(41)53(40)46(50)49(37)56/h11-31H,1-10H3. The summed E-state index contributed by atoms with van der Waals surface area (Å²) in [6, 6.07) is 39.9. The van der Waals surface area contributed by atoms with E-state index in [0.717, 1.165) is 11.3 Å². The Bertz CT molecular complexity index is 3000. The second-order valence-corrected chi connectivity index (χ2v) is 19.0. The number of fused-ring (bicyclic) bond motifs is 13. The highest BCUT2D eigenvalue weighted by Gasteiger charge is 2.47. The van der Waals surface area contributed by atoms with Gasteiger partial charge >= 0.3 is 0 Å². The lowest BCUT2D eigenvalue weighted by molar-refractivity contribution is 0.595. The molecule has 3 aliphatic heterocycles. The van der Waals surface area contributed by atoms with Crippen molar-refractivity contribution in [2.45, 2.75) is 98.3 Å². The average Bonchev–Trinajstić information content (AvgIpc) is 3.73. The van der Waals surface area contributed by atoms with E-state index in [4.69, 9.17) is 4.98 Å². The zero-order valence-corrected chi connectivity index (χ0v) is 35.0. The molecule has 0 aliphatic carbocycles. The second-order valence-electron chi connectivity index (χ2n) is 19.0. The van der Waals surface area contributed by atoms with E-state index in [9.17, 15) is 0 Å². The Labute approximate surface area is 337 Å². The summed E-state index contributed by atoms with van der Waals surface area (Å²) in [5.41, 5.74) is 25.1. The Morgan fingerprint density at radius 3 is 2.02 bits per heavy atom. The summed E-state index contributed by atoms with van der Waals surface area (Å²) < 4.78 is 5.05. The van der Waals surface area contributed by atoms with Crippen LogP contribution in [0, 0.1) is 0 Å². The van der Waals surface area contributed by atoms with Gasteiger partial charge in [0.1, 0.15) is 0 Å². The van der Waals surface area contributed by atoms with Crippen LogP contribution >= 0.6 is 0 Å². The molecule has 11 rings (SSSR count). The van der Waals surface area contributed by atoms with Gasteiger partial charge in [0.05, 0.1) is 27.8 Å². The number of imidazole rings is 2. The van der Waals surface area contributed by atoms with E-state index in [-0.39, 0.29) is 18.0 Å². The second kappa shape index (κ2) is 11.8. The Kier molecular flexibility index (Phi) is 7.15. The first-order chi connectivity index (χ1) is 27.4. The van der Waals surface area contributed by atoms with Crippen LogP contribution in [0.15, 0.2) is 103 Å². The van der Waals surface area contributed by atoms with E-state index in [1.165, 1.54) is 100 Å². The Morgan fingerprint density at radius 1 is 0.632 bits per heavy atom. The molecule has 4 nitrogen and oxygen atoms in total. The molecule has 1 unspecified atom stereocenters. The smallest absolute Gasteiger partial charge is 0.252 e. The fraction of sp³-hybridized carbons (Fsp3) is 0.288. The third-order valence-corrected chi connectivity index (χ3v) is 13.6. The van der Waals surface area contributed by atoms with Gasteiger partial charge in [-0.25, -0.2) is 4.98 Å². The zero-order valence-electron chi connectivity index (χ0n) is 35.0. The summed E-state index contributed by atoms with van der Waals surface area (Å²) >= 11 is 0. The van der Waals surface area contributed by atoms with Crippen molar-refractivity contribution in [1.29, 1.82) is 0 Å². The summed E-state index contributed by atoms with van der Waals surface area (Å²) in [5, 5.41) is 0. The van der Waals surface area contributed by atoms with Crippen molar-refractivity contribution in [2.24, 2.45) is 0 Å². The Balaban J connectivity index is 1.34. The number of nitrogens with zero attached hydrogens (tertiary/aromatic N) is 4. The first-order valence-electron chi connectivity index (χ1n) is 21.2. The van der Waals surface area contributed by atoms with Crippen molar-refractivity contribution in [3.05, 3.63) is 137 Å². The van der Waals surface area contributed by atoms with Crippen molar-refractivity contribution in [3.63, 3.8) is 0 Å². The molecule has 0 saturated heterocycles. The van der Waals surface area contributed by atoms with Gasteiger partial charge in [-0.05, 0) is 108 Å². The van der Waals surface area contributed by atoms with Crippen molar-refractivity contribution in [3.8, 4) is 16.8 Å². The summed E-state index contributed by atoms with van der Waals surface area (Å²) in [5.74, 6) is 2.40. The molecule has 282 valence electrons. The third-order valence-electron chi connectivity index (χ3n) is 13.6. The number of anilines is 3. The van der Waals surface area contributed by atoms with E-state index in [1.54, 1.807) is 0 Å². The molecule has 1 atom stereocenters. The fourth-order valence-electron chi connectivity index (χ4n) is 11.0. The Hall–Kier alpha value is -5.55. The molecule has 0 fully saturated rings. The molecule has 0 radical (unpaired) electrons. The Morgan fingerprint density at radius 2 is 1.30 bits per heavy atom. The SMILES string of the molecule is CC(C)c1cccc(C(C)C)c1-c1ccc2c(c1)-n1c3c4c5c(cc3n3c6cccc(C(C)(C)C)c6nc13)C(C)c1cccc(C(C)C)c1N5c1ccccc1B24. The van der Waals surface area contributed by atoms with E-state index >= 15 is 0 Å². The summed E-state index contributed by atoms with van der Waals surface area (Å²) in [4.78, 5) is 8.36. The van der Waals surface area contributed by atoms with Gasteiger partial charge < -0.3 is 4.90 Å². The van der Waals surface area contributed by atoms with Crippen LogP contribution in [-0.4, -0.2) is 20.7 Å². The van der Waals surface area contributed by atoms with Gasteiger partial charge in [0.15, 0.2) is 0 Å². The molecule has 0 spiro atoms. The first-order valence-corrected chi connectivity index (χ1v) is 21.2. The van der Waals surface area contributed by atoms with Gasteiger partial charge in [-0.2, -0.15) is 0 Å². The van der Waals surface area contributed by atoms with Gasteiger partial charge in [-0.1, -0.05) is 148 Å². The van der Waals surface area contributed by atoms with Crippen molar-refractivity contribution >= 4 is 68.0 Å². The highest BCUT2D eigenvalue weighted by Crippen LogP contribution is 2.54. The minimum absolute atomic E-state index is 0.0533. The molecule has 0 saturated carbocycles. The lowest BCUT2D eigenvalue weighted by Crippen LogP contribution is -2.61. The molecule has 0 bridgehead atoms. The van der Waals surface area contributed by atoms with Gasteiger partial charge in [0.25, 0.3) is 6.71 Å². The third kappa shape index (κ3) is 4.49. The van der Waals surface area contributed by atoms with Crippen molar-refractivity contribution in [1.82, 2.24) is 14.0 Å². The highest BCUT2D eigenvalue weighted by atomic mass is 15.2. The van der Waals surface area contributed by atoms with E-state index in [2.05, 4.69) is 186 Å². The monoisotopic (exact) mass is 742 g/mol. The van der Waals surface area contributed by atoms with Crippen LogP contribution in [0.25, 0.3) is 44.7 Å². The quantitative estimate of drug-likeness (QED) is 0.168. The van der Waals surface area contributed by atoms with Gasteiger partial charge in [0, 0.05) is 23.0 Å². The van der Waals surface area contributed by atoms with Crippen LogP contribution in [0.5, 0.6) is 0 Å². The van der Waals surface area contributed by atoms with Crippen molar-refractivity contribution in [2.75, 3.05) is 4.90 Å². The minimum Gasteiger partial charge on any atom is -0.311 e. The van der Waals surface area contributed by atoms with Gasteiger partial charge in [-0.15, -0.1) is 0 Å². The molecule has 5 heterocycles. The molecule has 8 aromatic rings. The topological polar surface area (TPSA) is 25.5 Å². The molecular weight excluding hydrogens is 691 g/mol. The van der Waals surface area contributed by atoms with Crippen LogP contribution in [0.3, 0.4) is 0 Å². The van der Waals surface area contributed by atoms with Crippen LogP contribution in [0.2, 0.25) is 0 Å². The highest BCUT2D eigenvalue weighted by molar-refractivity contribution is 7.00. The van der Waals surface area contributed by atoms with Crippen LogP contribution in [-0.2, 0) is 5.41 Å². The zero-order chi connectivity index (χ0) is 39.4. The lowest BCUT2D eigenvalue weighted by atomic mass is 9.33. The van der Waals surface area contributed by atoms with Gasteiger partial charge in [0.2, 0.25) is 5.78 Å². The molecule has 3 aliphatic rings. The normalized spacial score (nSPS) is 15.4. The van der Waals surface area contributed by atoms with Crippen LogP contribution in [0.4, 0.5) is 17.1 Å². The maximum Gasteiger partial charge on any atom is 0.252 e. The van der Waals surface area contributed by atoms with Crippen molar-refractivity contribution < 1.29 is 0 Å². The maximum absolute atomic E-state index is 5.70. The minimum atomic E-state index is -0.0533. The molecule has 6 aromatic carbocycles. The summed E-state index contributed by atoms with van der Waals surface area (Å²) in [6.45, 7) is 23.4. The largest absolute Gasteiger partial charge is 0.311 e.